The first-order valence-electron chi connectivity index (χ1n) is 33.2. The minimum Gasteiger partial charge on any atom is -0.445 e. The molecule has 0 bridgehead atoms. The van der Waals surface area contributed by atoms with Gasteiger partial charge in [0.25, 0.3) is 0 Å². The molecule has 92 heavy (non-hydrogen) atoms. The van der Waals surface area contributed by atoms with Crippen molar-refractivity contribution < 1.29 is 57.4 Å². The van der Waals surface area contributed by atoms with E-state index in [1.807, 2.05) is 97.7 Å². The molecule has 1 unspecified atom stereocenters. The molecule has 22 heteroatoms. The average molecular weight is 1300 g/mol. The molecule has 0 saturated carbocycles. The van der Waals surface area contributed by atoms with Crippen LogP contribution in [-0.4, -0.2) is 157 Å². The van der Waals surface area contributed by atoms with E-state index in [9.17, 15) is 43.2 Å². The smallest absolute Gasteiger partial charge is 0.410 e. The van der Waals surface area contributed by atoms with Crippen LogP contribution >= 0.6 is 11.3 Å². The number of Topliss-reactive ketones (excluding diaryl/α,β-unsaturated/α-hetero) is 3. The normalized spacial score (nSPS) is 16.9. The summed E-state index contributed by atoms with van der Waals surface area (Å²) in [4.78, 5) is 134. The van der Waals surface area contributed by atoms with Gasteiger partial charge in [0, 0.05) is 108 Å². The monoisotopic (exact) mass is 1300 g/mol. The molecule has 0 radical (unpaired) electrons. The lowest BCUT2D eigenvalue weighted by atomic mass is 9.83. The summed E-state index contributed by atoms with van der Waals surface area (Å²) in [6.45, 7) is 19.9. The Hall–Kier alpha value is -6.62. The Morgan fingerprint density at radius 1 is 0.750 bits per heavy atom. The van der Waals surface area contributed by atoms with Crippen LogP contribution in [-0.2, 0) is 60.8 Å². The van der Waals surface area contributed by atoms with Gasteiger partial charge in [-0.1, -0.05) is 125 Å². The number of amides is 7. The van der Waals surface area contributed by atoms with E-state index in [-0.39, 0.29) is 122 Å². The number of ketones is 3. The standard InChI is InChI=1S/C70H109N9O12S/c1-15-46(8)63(59(89-13)41-60(83)79-35-22-27-55(79)64(90-14)48(10)56(80)39-52(67-73-34-36-92-67)37-49-24-17-16-18-25-49)77(11)68(86)54(43(2)3)40-58(82)62(45(6)7)78(12)70(88)91-42-50-28-30-53(31-29-50)75-66(85)51(26-21-33-74-69(72)87)38-57(81)61(44(4)5)76-65(84)47(9)23-19-20-32-71/h16-18,24-25,28-31,34,36,43-48,51-52,54-55,59,61-64H,15,19-23,26-27,32-33,35,37-42,71H2,1-14H3,(H,75,85)(H,76,84)(H3,72,74,87)/t46-,47-,48-,51+,52+,54-,55-,59+,61?,62-,63-,64+/m0/s1. The van der Waals surface area contributed by atoms with Crippen molar-refractivity contribution in [2.75, 3.05) is 53.3 Å². The molecule has 7 N–H and O–H groups in total. The number of nitrogens with zero attached hydrogens (tertiary/aromatic N) is 4. The van der Waals surface area contributed by atoms with Crippen LogP contribution in [0.25, 0.3) is 0 Å². The Kier molecular flexibility index (Phi) is 33.1. The van der Waals surface area contributed by atoms with Crippen molar-refractivity contribution in [1.82, 2.24) is 30.3 Å². The molecule has 12 atom stereocenters. The van der Waals surface area contributed by atoms with Crippen LogP contribution in [0.3, 0.4) is 0 Å². The van der Waals surface area contributed by atoms with E-state index in [0.717, 1.165) is 29.8 Å². The number of anilines is 1. The van der Waals surface area contributed by atoms with Gasteiger partial charge < -0.3 is 56.3 Å². The largest absolute Gasteiger partial charge is 0.445 e. The summed E-state index contributed by atoms with van der Waals surface area (Å²) < 4.78 is 18.0. The van der Waals surface area contributed by atoms with Gasteiger partial charge in [-0.15, -0.1) is 11.3 Å². The van der Waals surface area contributed by atoms with Crippen LogP contribution in [0.5, 0.6) is 0 Å². The SMILES string of the molecule is CC[C@H](C)[C@@H]([C@@H](CC(=O)N1CCC[C@H]1[C@H](OC)[C@@H](C)C(=O)C[C@@H](Cc1ccccc1)c1nccs1)OC)N(C)C(=O)[C@@H](CC(=O)[C@H](C(C)C)N(C)C(=O)OCc1ccc(NC(=O)[C@H](CCCNC(N)=O)CC(=O)C(NC(=O)[C@@H](C)CCCCN)C(C)C)cc1)C(C)C. The number of urea groups is 1. The number of likely N-dealkylation sites (N-methyl/N-ethyl adjacent to an activating group) is 2. The Balaban J connectivity index is 1.41. The third-order valence-electron chi connectivity index (χ3n) is 18.4. The van der Waals surface area contributed by atoms with Gasteiger partial charge in [-0.2, -0.15) is 0 Å². The molecule has 1 fully saturated rings. The topological polar surface area (TPSA) is 292 Å². The first-order valence-corrected chi connectivity index (χ1v) is 34.0. The minimum absolute atomic E-state index is 0.0285. The zero-order valence-electron chi connectivity index (χ0n) is 57.3. The van der Waals surface area contributed by atoms with Gasteiger partial charge in [-0.3, -0.25) is 33.6 Å². The molecular formula is C70H109N9O12S. The number of likely N-dealkylation sites (tertiary alicyclic amines) is 1. The first-order chi connectivity index (χ1) is 43.7. The fourth-order valence-electron chi connectivity index (χ4n) is 12.8. The fraction of sp³-hybridized carbons (Fsp3) is 0.657. The second kappa shape index (κ2) is 39.2. The molecule has 1 aromatic heterocycles. The third-order valence-corrected chi connectivity index (χ3v) is 19.4. The average Bonchev–Trinajstić information content (AvgIpc) is 1.40. The maximum atomic E-state index is 14.9. The second-order valence-electron chi connectivity index (χ2n) is 26.3. The van der Waals surface area contributed by atoms with Gasteiger partial charge in [0.05, 0.1) is 47.8 Å². The molecule has 1 saturated heterocycles. The molecule has 21 nitrogen and oxygen atoms in total. The number of primary amides is 1. The summed E-state index contributed by atoms with van der Waals surface area (Å²) in [5.74, 6) is -5.22. The van der Waals surface area contributed by atoms with Crippen molar-refractivity contribution in [3.63, 3.8) is 0 Å². The van der Waals surface area contributed by atoms with Crippen molar-refractivity contribution in [2.45, 2.75) is 202 Å². The third kappa shape index (κ3) is 23.4. The number of carbonyl (C=O) groups is 9. The van der Waals surface area contributed by atoms with Gasteiger partial charge in [0.2, 0.25) is 23.6 Å². The Bertz CT molecular complexity index is 2800. The van der Waals surface area contributed by atoms with Crippen molar-refractivity contribution in [2.24, 2.45) is 58.8 Å². The van der Waals surface area contributed by atoms with E-state index in [1.54, 1.807) is 68.0 Å². The number of hydrogen-bond acceptors (Lipinski definition) is 15. The molecule has 7 amide bonds. The first kappa shape index (κ1) is 77.8. The van der Waals surface area contributed by atoms with E-state index in [2.05, 4.69) is 33.1 Å². The van der Waals surface area contributed by atoms with Crippen LogP contribution in [0, 0.1) is 47.3 Å². The molecule has 4 rings (SSSR count). The summed E-state index contributed by atoms with van der Waals surface area (Å²) in [5, 5.41) is 11.1. The highest BCUT2D eigenvalue weighted by molar-refractivity contribution is 7.09. The summed E-state index contributed by atoms with van der Waals surface area (Å²) >= 11 is 1.54. The number of carbonyl (C=O) groups excluding carboxylic acids is 9. The lowest BCUT2D eigenvalue weighted by Crippen LogP contribution is -2.54. The molecule has 3 aromatic rings. The van der Waals surface area contributed by atoms with Crippen LogP contribution in [0.2, 0.25) is 0 Å². The van der Waals surface area contributed by atoms with Crippen molar-refractivity contribution >= 4 is 70.1 Å². The molecule has 512 valence electrons. The minimum atomic E-state index is -0.946. The number of nitrogens with one attached hydrogen (secondary N) is 3. The molecule has 0 spiro atoms. The molecular weight excluding hydrogens is 1190 g/mol. The van der Waals surface area contributed by atoms with Crippen molar-refractivity contribution in [3.8, 4) is 0 Å². The molecule has 0 aliphatic carbocycles. The van der Waals surface area contributed by atoms with Crippen molar-refractivity contribution in [3.05, 3.63) is 82.3 Å². The zero-order chi connectivity index (χ0) is 68.4. The lowest BCUT2D eigenvalue weighted by Gasteiger charge is -2.41. The van der Waals surface area contributed by atoms with Crippen LogP contribution in [0.4, 0.5) is 15.3 Å². The number of thiazole rings is 1. The maximum absolute atomic E-state index is 14.9. The van der Waals surface area contributed by atoms with Crippen molar-refractivity contribution in [1.29, 1.82) is 0 Å². The Labute approximate surface area is 551 Å². The molecule has 1 aliphatic rings. The van der Waals surface area contributed by atoms with Crippen LogP contribution in [0.15, 0.2) is 66.2 Å². The van der Waals surface area contributed by atoms with Crippen LogP contribution < -0.4 is 27.4 Å². The summed E-state index contributed by atoms with van der Waals surface area (Å²) in [5.41, 5.74) is 13.0. The number of methoxy groups -OCH3 is 2. The molecule has 2 heterocycles. The number of nitrogens with two attached hydrogens (primary N) is 2. The van der Waals surface area contributed by atoms with Gasteiger partial charge in [-0.05, 0) is 98.4 Å². The summed E-state index contributed by atoms with van der Waals surface area (Å²) in [7, 11) is 6.35. The van der Waals surface area contributed by atoms with E-state index < -0.39 is 66.1 Å². The lowest BCUT2D eigenvalue weighted by molar-refractivity contribution is -0.149. The number of rotatable bonds is 41. The van der Waals surface area contributed by atoms with Gasteiger partial charge in [-0.25, -0.2) is 14.6 Å². The highest BCUT2D eigenvalue weighted by atomic mass is 32.1. The van der Waals surface area contributed by atoms with E-state index in [1.165, 1.54) is 11.9 Å². The number of hydrogen-bond donors (Lipinski definition) is 5. The maximum Gasteiger partial charge on any atom is 0.410 e. The number of benzene rings is 2. The Morgan fingerprint density at radius 2 is 1.43 bits per heavy atom. The predicted molar refractivity (Wildman–Crippen MR) is 359 cm³/mol. The highest BCUT2D eigenvalue weighted by Gasteiger charge is 2.44. The molecule has 2 aromatic carbocycles. The quantitative estimate of drug-likeness (QED) is 0.0331. The zero-order valence-corrected chi connectivity index (χ0v) is 58.1. The van der Waals surface area contributed by atoms with Gasteiger partial charge in [0.1, 0.15) is 12.4 Å². The molecule has 1 aliphatic heterocycles. The highest BCUT2D eigenvalue weighted by Crippen LogP contribution is 2.34. The summed E-state index contributed by atoms with van der Waals surface area (Å²) in [6.07, 6.45) is 5.21. The van der Waals surface area contributed by atoms with Gasteiger partial charge >= 0.3 is 12.1 Å². The number of unbranched alkanes of at least 4 members (excludes halogenated alkanes) is 1. The van der Waals surface area contributed by atoms with Crippen LogP contribution in [0.1, 0.15) is 168 Å². The van der Waals surface area contributed by atoms with E-state index >= 15 is 0 Å². The van der Waals surface area contributed by atoms with E-state index in [4.69, 9.17) is 25.7 Å². The number of ether oxygens (including phenoxy) is 3. The second-order valence-corrected chi connectivity index (χ2v) is 27.2. The fourth-order valence-corrected chi connectivity index (χ4v) is 13.5. The van der Waals surface area contributed by atoms with Gasteiger partial charge in [0.15, 0.2) is 11.6 Å². The number of aromatic nitrogens is 1. The Morgan fingerprint density at radius 3 is 2.01 bits per heavy atom. The summed E-state index contributed by atoms with van der Waals surface area (Å²) in [6, 6.07) is 13.3. The predicted octanol–water partition coefficient (Wildman–Crippen LogP) is 9.74. The van der Waals surface area contributed by atoms with E-state index in [0.29, 0.717) is 56.4 Å².